The highest BCUT2D eigenvalue weighted by atomic mass is 35.5. The number of anilines is 1. The molecule has 0 unspecified atom stereocenters. The molecule has 0 radical (unpaired) electrons. The van der Waals surface area contributed by atoms with E-state index in [1.54, 1.807) is 18.2 Å². The molecule has 5 nitrogen and oxygen atoms in total. The number of carbonyl (C=O) groups is 2. The third-order valence-electron chi connectivity index (χ3n) is 6.62. The first-order valence-electron chi connectivity index (χ1n) is 11.8. The summed E-state index contributed by atoms with van der Waals surface area (Å²) in [7, 11) is 0. The summed E-state index contributed by atoms with van der Waals surface area (Å²) in [6.45, 7) is 2.64. The van der Waals surface area contributed by atoms with E-state index in [0.717, 1.165) is 56.6 Å². The SMILES string of the molecule is O=C(Nc1cccc(CN2CCC(C(=O)NC3CCCCC3)CC2)c1)c1ccccc1Cl. The van der Waals surface area contributed by atoms with Crippen molar-refractivity contribution in [1.82, 2.24) is 10.2 Å². The molecule has 170 valence electrons. The Kier molecular flexibility index (Phi) is 7.82. The number of benzene rings is 2. The number of amides is 2. The lowest BCUT2D eigenvalue weighted by molar-refractivity contribution is -0.127. The minimum absolute atomic E-state index is 0.134. The highest BCUT2D eigenvalue weighted by molar-refractivity contribution is 6.34. The Bertz CT molecular complexity index is 934. The molecule has 4 rings (SSSR count). The molecule has 1 saturated heterocycles. The number of hydrogen-bond donors (Lipinski definition) is 2. The summed E-state index contributed by atoms with van der Waals surface area (Å²) in [4.78, 5) is 27.6. The summed E-state index contributed by atoms with van der Waals surface area (Å²) in [5.74, 6) is 0.174. The topological polar surface area (TPSA) is 61.4 Å². The zero-order valence-corrected chi connectivity index (χ0v) is 19.2. The molecule has 0 atom stereocenters. The molecule has 2 aliphatic rings. The lowest BCUT2D eigenvalue weighted by Gasteiger charge is -2.32. The normalized spacial score (nSPS) is 18.3. The van der Waals surface area contributed by atoms with Crippen LogP contribution in [0.4, 0.5) is 5.69 Å². The van der Waals surface area contributed by atoms with Gasteiger partial charge in [-0.1, -0.05) is 55.1 Å². The van der Waals surface area contributed by atoms with Crippen LogP contribution in [0, 0.1) is 5.92 Å². The average Bonchev–Trinajstić information content (AvgIpc) is 2.81. The molecule has 0 aromatic heterocycles. The van der Waals surface area contributed by atoms with Crippen molar-refractivity contribution < 1.29 is 9.59 Å². The number of piperidine rings is 1. The number of hydrogen-bond acceptors (Lipinski definition) is 3. The Morgan fingerprint density at radius 1 is 0.938 bits per heavy atom. The molecule has 2 fully saturated rings. The summed E-state index contributed by atoms with van der Waals surface area (Å²) in [6, 6.07) is 15.4. The van der Waals surface area contributed by atoms with Crippen LogP contribution in [0.3, 0.4) is 0 Å². The van der Waals surface area contributed by atoms with Crippen LogP contribution in [0.2, 0.25) is 5.02 Å². The first-order valence-corrected chi connectivity index (χ1v) is 12.1. The zero-order valence-electron chi connectivity index (χ0n) is 18.5. The molecule has 0 bridgehead atoms. The van der Waals surface area contributed by atoms with Crippen LogP contribution in [-0.2, 0) is 11.3 Å². The lowest BCUT2D eigenvalue weighted by atomic mass is 9.92. The molecule has 2 aromatic carbocycles. The third kappa shape index (κ3) is 6.11. The van der Waals surface area contributed by atoms with Gasteiger partial charge in [0.1, 0.15) is 0 Å². The van der Waals surface area contributed by atoms with Gasteiger partial charge in [0.15, 0.2) is 0 Å². The van der Waals surface area contributed by atoms with E-state index in [1.165, 1.54) is 19.3 Å². The molecule has 1 heterocycles. The molecule has 6 heteroatoms. The van der Waals surface area contributed by atoms with Gasteiger partial charge >= 0.3 is 0 Å². The Labute approximate surface area is 195 Å². The maximum Gasteiger partial charge on any atom is 0.257 e. The summed E-state index contributed by atoms with van der Waals surface area (Å²) >= 11 is 6.14. The molecule has 0 spiro atoms. The van der Waals surface area contributed by atoms with Gasteiger partial charge in [0.25, 0.3) is 5.91 Å². The van der Waals surface area contributed by atoms with E-state index >= 15 is 0 Å². The molecule has 2 aromatic rings. The Morgan fingerprint density at radius 2 is 1.69 bits per heavy atom. The minimum atomic E-state index is -0.211. The van der Waals surface area contributed by atoms with Crippen molar-refractivity contribution in [2.24, 2.45) is 5.92 Å². The van der Waals surface area contributed by atoms with Gasteiger partial charge in [-0.25, -0.2) is 0 Å². The van der Waals surface area contributed by atoms with Gasteiger partial charge in [-0.3, -0.25) is 14.5 Å². The van der Waals surface area contributed by atoms with Gasteiger partial charge in [0.05, 0.1) is 10.6 Å². The number of halogens is 1. The smallest absolute Gasteiger partial charge is 0.257 e. The van der Waals surface area contributed by atoms with Crippen molar-refractivity contribution in [2.45, 2.75) is 57.5 Å². The van der Waals surface area contributed by atoms with E-state index in [2.05, 4.69) is 21.6 Å². The van der Waals surface area contributed by atoms with Gasteiger partial charge in [0.2, 0.25) is 5.91 Å². The van der Waals surface area contributed by atoms with Crippen LogP contribution in [0.1, 0.15) is 60.9 Å². The third-order valence-corrected chi connectivity index (χ3v) is 6.95. The van der Waals surface area contributed by atoms with E-state index in [0.29, 0.717) is 16.6 Å². The van der Waals surface area contributed by atoms with Crippen molar-refractivity contribution in [3.05, 3.63) is 64.7 Å². The second kappa shape index (κ2) is 11.0. The lowest BCUT2D eigenvalue weighted by Crippen LogP contribution is -2.44. The highest BCUT2D eigenvalue weighted by Gasteiger charge is 2.27. The Hall–Kier alpha value is -2.37. The van der Waals surface area contributed by atoms with Gasteiger partial charge in [-0.15, -0.1) is 0 Å². The van der Waals surface area contributed by atoms with Crippen molar-refractivity contribution in [1.29, 1.82) is 0 Å². The van der Waals surface area contributed by atoms with Crippen LogP contribution in [0.25, 0.3) is 0 Å². The number of nitrogens with zero attached hydrogens (tertiary/aromatic N) is 1. The van der Waals surface area contributed by atoms with Crippen molar-refractivity contribution >= 4 is 29.1 Å². The second-order valence-electron chi connectivity index (χ2n) is 9.03. The van der Waals surface area contributed by atoms with Gasteiger partial charge in [-0.2, -0.15) is 0 Å². The Balaban J connectivity index is 1.27. The predicted octanol–water partition coefficient (Wildman–Crippen LogP) is 5.25. The van der Waals surface area contributed by atoms with Crippen molar-refractivity contribution in [2.75, 3.05) is 18.4 Å². The van der Waals surface area contributed by atoms with Gasteiger partial charge < -0.3 is 10.6 Å². The fourth-order valence-corrected chi connectivity index (χ4v) is 4.99. The maximum absolute atomic E-state index is 12.6. The fourth-order valence-electron chi connectivity index (χ4n) is 4.77. The predicted molar refractivity (Wildman–Crippen MR) is 129 cm³/mol. The summed E-state index contributed by atoms with van der Waals surface area (Å²) < 4.78 is 0. The average molecular weight is 454 g/mol. The number of nitrogens with one attached hydrogen (secondary N) is 2. The first-order chi connectivity index (χ1) is 15.6. The van der Waals surface area contributed by atoms with Crippen LogP contribution < -0.4 is 10.6 Å². The number of likely N-dealkylation sites (tertiary alicyclic amines) is 1. The molecular formula is C26H32ClN3O2. The molecule has 1 saturated carbocycles. The van der Waals surface area contributed by atoms with E-state index in [1.807, 2.05) is 24.3 Å². The number of rotatable bonds is 6. The van der Waals surface area contributed by atoms with E-state index in [9.17, 15) is 9.59 Å². The first kappa shape index (κ1) is 22.8. The molecule has 32 heavy (non-hydrogen) atoms. The minimum Gasteiger partial charge on any atom is -0.353 e. The van der Waals surface area contributed by atoms with Crippen molar-refractivity contribution in [3.63, 3.8) is 0 Å². The van der Waals surface area contributed by atoms with E-state index in [4.69, 9.17) is 11.6 Å². The number of carbonyl (C=O) groups excluding carboxylic acids is 2. The summed E-state index contributed by atoms with van der Waals surface area (Å²) in [5, 5.41) is 6.67. The fraction of sp³-hybridized carbons (Fsp3) is 0.462. The quantitative estimate of drug-likeness (QED) is 0.627. The van der Waals surface area contributed by atoms with Crippen LogP contribution in [0.5, 0.6) is 0 Å². The largest absolute Gasteiger partial charge is 0.353 e. The van der Waals surface area contributed by atoms with E-state index < -0.39 is 0 Å². The monoisotopic (exact) mass is 453 g/mol. The van der Waals surface area contributed by atoms with Crippen molar-refractivity contribution in [3.8, 4) is 0 Å². The summed E-state index contributed by atoms with van der Waals surface area (Å²) in [6.07, 6.45) is 7.85. The molecule has 2 amide bonds. The van der Waals surface area contributed by atoms with Crippen LogP contribution >= 0.6 is 11.6 Å². The van der Waals surface area contributed by atoms with E-state index in [-0.39, 0.29) is 17.7 Å². The molecular weight excluding hydrogens is 422 g/mol. The van der Waals surface area contributed by atoms with Crippen LogP contribution in [0.15, 0.2) is 48.5 Å². The second-order valence-corrected chi connectivity index (χ2v) is 9.44. The molecule has 2 N–H and O–H groups in total. The molecule has 1 aliphatic heterocycles. The molecule has 1 aliphatic carbocycles. The standard InChI is InChI=1S/C26H32ClN3O2/c27-24-12-5-4-11-23(24)26(32)29-22-10-6-7-19(17-22)18-30-15-13-20(14-16-30)25(31)28-21-8-2-1-3-9-21/h4-7,10-12,17,20-21H,1-3,8-9,13-16,18H2,(H,28,31)(H,29,32). The van der Waals surface area contributed by atoms with Gasteiger partial charge in [0, 0.05) is 24.2 Å². The zero-order chi connectivity index (χ0) is 22.3. The van der Waals surface area contributed by atoms with Gasteiger partial charge in [-0.05, 0) is 68.6 Å². The summed E-state index contributed by atoms with van der Waals surface area (Å²) in [5.41, 5.74) is 2.37. The highest BCUT2D eigenvalue weighted by Crippen LogP contribution is 2.23. The Morgan fingerprint density at radius 3 is 2.44 bits per heavy atom. The van der Waals surface area contributed by atoms with Crippen LogP contribution in [-0.4, -0.2) is 35.8 Å². The maximum atomic E-state index is 12.6.